The first-order valence-corrected chi connectivity index (χ1v) is 6.65. The van der Waals surface area contributed by atoms with Crippen molar-refractivity contribution < 1.29 is 9.47 Å². The normalized spacial score (nSPS) is 19.1. The van der Waals surface area contributed by atoms with E-state index in [0.29, 0.717) is 17.5 Å². The van der Waals surface area contributed by atoms with Crippen LogP contribution in [0.25, 0.3) is 0 Å². The Hall–Kier alpha value is -1.52. The Balaban J connectivity index is 1.80. The number of rotatable bonds is 5. The van der Waals surface area contributed by atoms with Gasteiger partial charge in [-0.05, 0) is 31.6 Å². The molecule has 1 aliphatic heterocycles. The first-order valence-electron chi connectivity index (χ1n) is 6.65. The summed E-state index contributed by atoms with van der Waals surface area (Å²) in [6.45, 7) is 2.82. The zero-order valence-electron chi connectivity index (χ0n) is 10.8. The van der Waals surface area contributed by atoms with Crippen LogP contribution in [0.4, 0.5) is 5.82 Å². The molecule has 0 spiro atoms. The van der Waals surface area contributed by atoms with Crippen molar-refractivity contribution in [1.29, 1.82) is 0 Å². The predicted molar refractivity (Wildman–Crippen MR) is 68.3 cm³/mol. The maximum atomic E-state index is 5.75. The fraction of sp³-hybridized carbons (Fsp3) is 0.692. The Labute approximate surface area is 107 Å². The van der Waals surface area contributed by atoms with Gasteiger partial charge in [-0.3, -0.25) is 0 Å². The second kappa shape index (κ2) is 5.00. The van der Waals surface area contributed by atoms with Gasteiger partial charge >= 0.3 is 0 Å². The van der Waals surface area contributed by atoms with Crippen LogP contribution in [0.3, 0.4) is 0 Å². The van der Waals surface area contributed by atoms with Crippen LogP contribution in [-0.2, 0) is 0 Å². The van der Waals surface area contributed by atoms with E-state index in [1.54, 1.807) is 13.4 Å². The molecular formula is C13H19N3O2. The summed E-state index contributed by atoms with van der Waals surface area (Å²) in [5, 5.41) is 0. The van der Waals surface area contributed by atoms with Gasteiger partial charge in [0.25, 0.3) is 5.88 Å². The van der Waals surface area contributed by atoms with Gasteiger partial charge in [-0.25, -0.2) is 4.98 Å². The van der Waals surface area contributed by atoms with Crippen molar-refractivity contribution in [2.24, 2.45) is 5.92 Å². The van der Waals surface area contributed by atoms with Crippen LogP contribution in [-0.4, -0.2) is 36.8 Å². The minimum atomic E-state index is 0.585. The summed E-state index contributed by atoms with van der Waals surface area (Å²) in [5.41, 5.74) is 0. The number of nitrogens with zero attached hydrogens (tertiary/aromatic N) is 3. The third kappa shape index (κ3) is 2.35. The molecule has 1 saturated heterocycles. The van der Waals surface area contributed by atoms with Gasteiger partial charge in [-0.1, -0.05) is 0 Å². The molecule has 5 nitrogen and oxygen atoms in total. The van der Waals surface area contributed by atoms with E-state index in [0.717, 1.165) is 25.5 Å². The molecule has 0 radical (unpaired) electrons. The third-order valence-electron chi connectivity index (χ3n) is 3.51. The summed E-state index contributed by atoms with van der Waals surface area (Å²) in [4.78, 5) is 10.8. The second-order valence-electron chi connectivity index (χ2n) is 4.98. The largest absolute Gasteiger partial charge is 0.489 e. The average molecular weight is 249 g/mol. The molecule has 0 aromatic carbocycles. The highest BCUT2D eigenvalue weighted by Gasteiger charge is 2.25. The molecule has 2 heterocycles. The fourth-order valence-electron chi connectivity index (χ4n) is 2.27. The van der Waals surface area contributed by atoms with Crippen molar-refractivity contribution in [2.75, 3.05) is 31.7 Å². The monoisotopic (exact) mass is 249 g/mol. The minimum absolute atomic E-state index is 0.585. The van der Waals surface area contributed by atoms with Crippen molar-refractivity contribution in [3.05, 3.63) is 6.33 Å². The molecule has 0 unspecified atom stereocenters. The molecule has 2 aliphatic rings. The lowest BCUT2D eigenvalue weighted by Crippen LogP contribution is -2.20. The minimum Gasteiger partial charge on any atom is -0.489 e. The van der Waals surface area contributed by atoms with E-state index in [2.05, 4.69) is 14.9 Å². The standard InChI is InChI=1S/C13H19N3O2/c1-17-11-12(16-6-2-3-7-16)14-9-15-13(11)18-8-10-4-5-10/h9-10H,2-8H2,1H3. The number of anilines is 1. The van der Waals surface area contributed by atoms with Gasteiger partial charge in [0.1, 0.15) is 6.33 Å². The number of hydrogen-bond donors (Lipinski definition) is 0. The number of ether oxygens (including phenoxy) is 2. The average Bonchev–Trinajstić information content (AvgIpc) is 3.08. The summed E-state index contributed by atoms with van der Waals surface area (Å²) in [7, 11) is 1.66. The number of methoxy groups -OCH3 is 1. The van der Waals surface area contributed by atoms with E-state index in [-0.39, 0.29) is 0 Å². The van der Waals surface area contributed by atoms with Crippen LogP contribution in [0.5, 0.6) is 11.6 Å². The molecule has 0 amide bonds. The topological polar surface area (TPSA) is 47.5 Å². The van der Waals surface area contributed by atoms with Crippen molar-refractivity contribution in [3.63, 3.8) is 0 Å². The maximum absolute atomic E-state index is 5.75. The molecule has 0 bridgehead atoms. The van der Waals surface area contributed by atoms with Gasteiger partial charge in [0, 0.05) is 13.1 Å². The Morgan fingerprint density at radius 2 is 2.06 bits per heavy atom. The van der Waals surface area contributed by atoms with Crippen molar-refractivity contribution >= 4 is 5.82 Å². The van der Waals surface area contributed by atoms with E-state index in [1.807, 2.05) is 0 Å². The van der Waals surface area contributed by atoms with Crippen LogP contribution >= 0.6 is 0 Å². The second-order valence-corrected chi connectivity index (χ2v) is 4.98. The smallest absolute Gasteiger partial charge is 0.262 e. The summed E-state index contributed by atoms with van der Waals surface area (Å²) in [6.07, 6.45) is 6.54. The molecule has 1 aliphatic carbocycles. The lowest BCUT2D eigenvalue weighted by molar-refractivity contribution is 0.268. The molecule has 3 rings (SSSR count). The molecule has 18 heavy (non-hydrogen) atoms. The van der Waals surface area contributed by atoms with Crippen molar-refractivity contribution in [1.82, 2.24) is 9.97 Å². The Bertz CT molecular complexity index is 415. The molecule has 1 aromatic heterocycles. The number of hydrogen-bond acceptors (Lipinski definition) is 5. The zero-order valence-corrected chi connectivity index (χ0v) is 10.8. The maximum Gasteiger partial charge on any atom is 0.262 e. The van der Waals surface area contributed by atoms with E-state index in [9.17, 15) is 0 Å². The van der Waals surface area contributed by atoms with Gasteiger partial charge in [0.2, 0.25) is 5.75 Å². The Kier molecular flexibility index (Phi) is 3.21. The molecule has 0 N–H and O–H groups in total. The predicted octanol–water partition coefficient (Wildman–Crippen LogP) is 1.87. The first-order chi connectivity index (χ1) is 8.88. The van der Waals surface area contributed by atoms with Gasteiger partial charge in [-0.2, -0.15) is 4.98 Å². The van der Waals surface area contributed by atoms with Gasteiger partial charge in [0.05, 0.1) is 13.7 Å². The van der Waals surface area contributed by atoms with Gasteiger partial charge in [-0.15, -0.1) is 0 Å². The summed E-state index contributed by atoms with van der Waals surface area (Å²) < 4.78 is 11.2. The van der Waals surface area contributed by atoms with E-state index < -0.39 is 0 Å². The lowest BCUT2D eigenvalue weighted by atomic mass is 10.4. The highest BCUT2D eigenvalue weighted by Crippen LogP contribution is 2.36. The third-order valence-corrected chi connectivity index (χ3v) is 3.51. The van der Waals surface area contributed by atoms with E-state index >= 15 is 0 Å². The quantitative estimate of drug-likeness (QED) is 0.797. The zero-order chi connectivity index (χ0) is 12.4. The highest BCUT2D eigenvalue weighted by atomic mass is 16.5. The van der Waals surface area contributed by atoms with Crippen LogP contribution < -0.4 is 14.4 Å². The Morgan fingerprint density at radius 1 is 1.28 bits per heavy atom. The lowest BCUT2D eigenvalue weighted by Gasteiger charge is -2.20. The van der Waals surface area contributed by atoms with Crippen LogP contribution in [0, 0.1) is 5.92 Å². The molecule has 1 aromatic rings. The molecule has 0 atom stereocenters. The van der Waals surface area contributed by atoms with E-state index in [4.69, 9.17) is 9.47 Å². The molecule has 1 saturated carbocycles. The SMILES string of the molecule is COc1c(OCC2CC2)ncnc1N1CCCC1. The number of aromatic nitrogens is 2. The first kappa shape index (κ1) is 11.6. The van der Waals surface area contributed by atoms with Crippen LogP contribution in [0.2, 0.25) is 0 Å². The highest BCUT2D eigenvalue weighted by molar-refractivity contribution is 5.57. The Morgan fingerprint density at radius 3 is 2.72 bits per heavy atom. The molecule has 2 fully saturated rings. The molecule has 98 valence electrons. The van der Waals surface area contributed by atoms with Crippen LogP contribution in [0.15, 0.2) is 6.33 Å². The fourth-order valence-corrected chi connectivity index (χ4v) is 2.27. The van der Waals surface area contributed by atoms with Gasteiger partial charge < -0.3 is 14.4 Å². The van der Waals surface area contributed by atoms with Crippen LogP contribution in [0.1, 0.15) is 25.7 Å². The molecule has 5 heteroatoms. The van der Waals surface area contributed by atoms with Crippen molar-refractivity contribution in [3.8, 4) is 11.6 Å². The van der Waals surface area contributed by atoms with E-state index in [1.165, 1.54) is 25.7 Å². The van der Waals surface area contributed by atoms with Gasteiger partial charge in [0.15, 0.2) is 5.82 Å². The molecular weight excluding hydrogens is 230 g/mol. The van der Waals surface area contributed by atoms with Crippen molar-refractivity contribution in [2.45, 2.75) is 25.7 Å². The summed E-state index contributed by atoms with van der Waals surface area (Å²) in [6, 6.07) is 0. The summed E-state index contributed by atoms with van der Waals surface area (Å²) in [5.74, 6) is 2.84. The summed E-state index contributed by atoms with van der Waals surface area (Å²) >= 11 is 0.